The van der Waals surface area contributed by atoms with E-state index in [1.54, 1.807) is 0 Å². The van der Waals surface area contributed by atoms with Crippen LogP contribution in [0.15, 0.2) is 24.3 Å². The Balaban J connectivity index is 2.19. The van der Waals surface area contributed by atoms with E-state index in [2.05, 4.69) is 24.5 Å². The maximum atomic E-state index is 11.9. The summed E-state index contributed by atoms with van der Waals surface area (Å²) in [5.41, 5.74) is 0.846. The third-order valence-corrected chi connectivity index (χ3v) is 4.59. The van der Waals surface area contributed by atoms with Crippen molar-refractivity contribution in [3.8, 4) is 5.75 Å². The summed E-state index contributed by atoms with van der Waals surface area (Å²) in [4.78, 5) is 11.9. The van der Waals surface area contributed by atoms with Crippen LogP contribution in [-0.2, 0) is 4.79 Å². The maximum absolute atomic E-state index is 11.9. The fourth-order valence-corrected chi connectivity index (χ4v) is 3.00. The van der Waals surface area contributed by atoms with Gasteiger partial charge in [0.25, 0.3) is 0 Å². The van der Waals surface area contributed by atoms with Gasteiger partial charge in [-0.15, -0.1) is 0 Å². The van der Waals surface area contributed by atoms with E-state index < -0.39 is 0 Å². The minimum atomic E-state index is -0.0213. The van der Waals surface area contributed by atoms with Gasteiger partial charge < -0.3 is 15.4 Å². The van der Waals surface area contributed by atoms with Crippen LogP contribution in [0, 0.1) is 0 Å². The lowest BCUT2D eigenvalue weighted by molar-refractivity contribution is -0.119. The van der Waals surface area contributed by atoms with Crippen molar-refractivity contribution in [2.24, 2.45) is 0 Å². The molecule has 0 fully saturated rings. The first-order chi connectivity index (χ1) is 13.2. The van der Waals surface area contributed by atoms with E-state index in [-0.39, 0.29) is 5.91 Å². The minimum absolute atomic E-state index is 0.0213. The zero-order valence-electron chi connectivity index (χ0n) is 17.0. The molecule has 1 rings (SSSR count). The Morgan fingerprint density at radius 2 is 1.48 bits per heavy atom. The van der Waals surface area contributed by atoms with E-state index in [1.165, 1.54) is 44.9 Å². The summed E-state index contributed by atoms with van der Waals surface area (Å²) in [5, 5.41) is 6.13. The van der Waals surface area contributed by atoms with Gasteiger partial charge >= 0.3 is 0 Å². The Morgan fingerprint density at radius 3 is 2.11 bits per heavy atom. The molecular formula is C22H36N2O2S. The number of thiocarbonyl (C=S) groups is 1. The van der Waals surface area contributed by atoms with Gasteiger partial charge in [-0.05, 0) is 49.3 Å². The van der Waals surface area contributed by atoms with Crippen molar-refractivity contribution in [3.63, 3.8) is 0 Å². The number of anilines is 1. The van der Waals surface area contributed by atoms with Crippen molar-refractivity contribution in [1.82, 2.24) is 5.32 Å². The lowest BCUT2D eigenvalue weighted by atomic mass is 10.1. The molecule has 0 aliphatic carbocycles. The molecule has 2 N–H and O–H groups in total. The topological polar surface area (TPSA) is 50.4 Å². The number of unbranched alkanes of at least 4 members (excludes halogenated alkanes) is 8. The monoisotopic (exact) mass is 392 g/mol. The second-order valence-corrected chi connectivity index (χ2v) is 7.36. The summed E-state index contributed by atoms with van der Waals surface area (Å²) in [7, 11) is 0. The van der Waals surface area contributed by atoms with E-state index >= 15 is 0 Å². The van der Waals surface area contributed by atoms with Crippen molar-refractivity contribution in [2.45, 2.75) is 84.5 Å². The molecule has 1 aromatic rings. The first-order valence-electron chi connectivity index (χ1n) is 10.5. The van der Waals surface area contributed by atoms with Crippen LogP contribution in [-0.4, -0.2) is 17.6 Å². The standard InChI is InChI=1S/C22H36N2O2S/c1-3-5-7-9-11-13-21(25)24-22(27)23-19-14-16-20(17-15-19)26-18-12-10-8-6-4-2/h14-17H,3-13,18H2,1-2H3,(H2,23,24,25,27). The molecule has 0 aromatic heterocycles. The Hall–Kier alpha value is -1.62. The van der Waals surface area contributed by atoms with Crippen molar-refractivity contribution >= 4 is 28.9 Å². The number of hydrogen-bond donors (Lipinski definition) is 2. The van der Waals surface area contributed by atoms with Gasteiger partial charge in [0.2, 0.25) is 5.91 Å². The highest BCUT2D eigenvalue weighted by molar-refractivity contribution is 7.80. The van der Waals surface area contributed by atoms with E-state index in [0.29, 0.717) is 11.5 Å². The molecule has 0 heterocycles. The molecule has 27 heavy (non-hydrogen) atoms. The first-order valence-corrected chi connectivity index (χ1v) is 10.9. The molecule has 0 aliphatic heterocycles. The minimum Gasteiger partial charge on any atom is -0.494 e. The lowest BCUT2D eigenvalue weighted by Crippen LogP contribution is -2.33. The summed E-state index contributed by atoms with van der Waals surface area (Å²) >= 11 is 5.21. The predicted molar refractivity (Wildman–Crippen MR) is 118 cm³/mol. The molecule has 1 amide bonds. The predicted octanol–water partition coefficient (Wildman–Crippen LogP) is 6.21. The van der Waals surface area contributed by atoms with Gasteiger partial charge in [0.15, 0.2) is 5.11 Å². The van der Waals surface area contributed by atoms with Crippen LogP contribution in [0.2, 0.25) is 0 Å². The fourth-order valence-electron chi connectivity index (χ4n) is 2.77. The SMILES string of the molecule is CCCCCCCOc1ccc(NC(=S)NC(=O)CCCCCCC)cc1. The van der Waals surface area contributed by atoms with Crippen LogP contribution in [0.5, 0.6) is 5.75 Å². The molecule has 1 aromatic carbocycles. The summed E-state index contributed by atoms with van der Waals surface area (Å²) in [6.45, 7) is 5.16. The molecule has 0 saturated heterocycles. The number of carbonyl (C=O) groups is 1. The number of carbonyl (C=O) groups excluding carboxylic acids is 1. The highest BCUT2D eigenvalue weighted by atomic mass is 32.1. The van der Waals surface area contributed by atoms with Gasteiger partial charge in [-0.2, -0.15) is 0 Å². The largest absolute Gasteiger partial charge is 0.494 e. The molecule has 0 spiro atoms. The molecule has 0 bridgehead atoms. The van der Waals surface area contributed by atoms with Crippen molar-refractivity contribution < 1.29 is 9.53 Å². The molecule has 0 radical (unpaired) electrons. The summed E-state index contributed by atoms with van der Waals surface area (Å²) < 4.78 is 5.75. The maximum Gasteiger partial charge on any atom is 0.226 e. The Labute approximate surface area is 170 Å². The fraction of sp³-hybridized carbons (Fsp3) is 0.636. The van der Waals surface area contributed by atoms with Gasteiger partial charge in [0, 0.05) is 12.1 Å². The number of rotatable bonds is 14. The lowest BCUT2D eigenvalue weighted by Gasteiger charge is -2.11. The van der Waals surface area contributed by atoms with Gasteiger partial charge in [0.1, 0.15) is 5.75 Å². The number of benzene rings is 1. The zero-order valence-corrected chi connectivity index (χ0v) is 17.8. The highest BCUT2D eigenvalue weighted by Crippen LogP contribution is 2.16. The van der Waals surface area contributed by atoms with E-state index in [4.69, 9.17) is 17.0 Å². The highest BCUT2D eigenvalue weighted by Gasteiger charge is 2.05. The van der Waals surface area contributed by atoms with Gasteiger partial charge in [0.05, 0.1) is 6.61 Å². The van der Waals surface area contributed by atoms with Crippen LogP contribution in [0.1, 0.15) is 84.5 Å². The van der Waals surface area contributed by atoms with Gasteiger partial charge in [-0.1, -0.05) is 65.2 Å². The number of hydrogen-bond acceptors (Lipinski definition) is 3. The normalized spacial score (nSPS) is 10.4. The average molecular weight is 393 g/mol. The zero-order chi connectivity index (χ0) is 19.7. The molecular weight excluding hydrogens is 356 g/mol. The molecule has 0 unspecified atom stereocenters. The smallest absolute Gasteiger partial charge is 0.226 e. The molecule has 0 atom stereocenters. The van der Waals surface area contributed by atoms with Crippen molar-refractivity contribution in [2.75, 3.05) is 11.9 Å². The van der Waals surface area contributed by atoms with Crippen LogP contribution >= 0.6 is 12.2 Å². The Kier molecular flexibility index (Phi) is 13.4. The number of amides is 1. The van der Waals surface area contributed by atoms with E-state index in [1.807, 2.05) is 24.3 Å². The van der Waals surface area contributed by atoms with Crippen LogP contribution in [0.4, 0.5) is 5.69 Å². The third kappa shape index (κ3) is 12.4. The third-order valence-electron chi connectivity index (χ3n) is 4.39. The Bertz CT molecular complexity index is 532. The van der Waals surface area contributed by atoms with Crippen LogP contribution < -0.4 is 15.4 Å². The molecule has 0 saturated carbocycles. The summed E-state index contributed by atoms with van der Waals surface area (Å²) in [6, 6.07) is 7.67. The molecule has 4 nitrogen and oxygen atoms in total. The van der Waals surface area contributed by atoms with E-state index in [9.17, 15) is 4.79 Å². The van der Waals surface area contributed by atoms with Crippen molar-refractivity contribution in [3.05, 3.63) is 24.3 Å². The molecule has 5 heteroatoms. The summed E-state index contributed by atoms with van der Waals surface area (Å²) in [5.74, 6) is 0.838. The Morgan fingerprint density at radius 1 is 0.889 bits per heavy atom. The molecule has 152 valence electrons. The van der Waals surface area contributed by atoms with Gasteiger partial charge in [-0.3, -0.25) is 4.79 Å². The number of nitrogens with one attached hydrogen (secondary N) is 2. The average Bonchev–Trinajstić information content (AvgIpc) is 2.65. The van der Waals surface area contributed by atoms with Crippen molar-refractivity contribution in [1.29, 1.82) is 0 Å². The second-order valence-electron chi connectivity index (χ2n) is 6.95. The van der Waals surface area contributed by atoms with E-state index in [0.717, 1.165) is 37.3 Å². The second kappa shape index (κ2) is 15.4. The number of ether oxygens (including phenoxy) is 1. The van der Waals surface area contributed by atoms with Crippen LogP contribution in [0.25, 0.3) is 0 Å². The van der Waals surface area contributed by atoms with Crippen LogP contribution in [0.3, 0.4) is 0 Å². The van der Waals surface area contributed by atoms with Gasteiger partial charge in [-0.25, -0.2) is 0 Å². The summed E-state index contributed by atoms with van der Waals surface area (Å²) in [6.07, 6.45) is 12.3. The molecule has 0 aliphatic rings. The quantitative estimate of drug-likeness (QED) is 0.292. The first kappa shape index (κ1) is 23.4.